The van der Waals surface area contributed by atoms with E-state index < -0.39 is 0 Å². The lowest BCUT2D eigenvalue weighted by molar-refractivity contribution is 0.286. The zero-order valence-corrected chi connectivity index (χ0v) is 17.4. The molecule has 0 saturated heterocycles. The lowest BCUT2D eigenvalue weighted by atomic mass is 10.1. The molecule has 27 heavy (non-hydrogen) atoms. The monoisotopic (exact) mass is 476 g/mol. The number of hydrogen-bond acceptors (Lipinski definition) is 4. The standard InChI is InChI=1S/C21H21IN2O3/c1-26-18-12-15-16(13-19(18)27-10-6-2-5-9-22)23-20-11-14-7-3-4-8-17(14)24(20)21(15)25/h3-4,7-8,12-13H,2,5-6,9-11H2,1H3. The SMILES string of the molecule is COc1cc2c(=O)n3c(nc2cc1OCCCCCI)Cc1ccccc1-3. The topological polar surface area (TPSA) is 53.4 Å². The van der Waals surface area contributed by atoms with Gasteiger partial charge in [-0.2, -0.15) is 0 Å². The Balaban J connectivity index is 1.72. The van der Waals surface area contributed by atoms with E-state index in [1.807, 2.05) is 30.3 Å². The minimum Gasteiger partial charge on any atom is -0.493 e. The summed E-state index contributed by atoms with van der Waals surface area (Å²) < 4.78 is 14.3. The molecule has 0 unspecified atom stereocenters. The molecular weight excluding hydrogens is 455 g/mol. The van der Waals surface area contributed by atoms with Crippen molar-refractivity contribution < 1.29 is 9.47 Å². The van der Waals surface area contributed by atoms with Gasteiger partial charge in [0.1, 0.15) is 5.82 Å². The quantitative estimate of drug-likeness (QED) is 0.227. The predicted octanol–water partition coefficient (Wildman–Crippen LogP) is 4.28. The van der Waals surface area contributed by atoms with Crippen LogP contribution in [0.1, 0.15) is 30.7 Å². The van der Waals surface area contributed by atoms with Gasteiger partial charge < -0.3 is 9.47 Å². The zero-order valence-electron chi connectivity index (χ0n) is 15.2. The highest BCUT2D eigenvalue weighted by atomic mass is 127. The minimum absolute atomic E-state index is 0.0631. The number of hydrogen-bond donors (Lipinski definition) is 0. The molecule has 0 amide bonds. The first-order chi connectivity index (χ1) is 13.2. The van der Waals surface area contributed by atoms with Crippen LogP contribution in [0.25, 0.3) is 16.6 Å². The molecule has 3 aromatic rings. The summed E-state index contributed by atoms with van der Waals surface area (Å²) in [7, 11) is 1.60. The summed E-state index contributed by atoms with van der Waals surface area (Å²) in [5.74, 6) is 1.99. The molecule has 1 aliphatic heterocycles. The Hall–Kier alpha value is -2.09. The van der Waals surface area contributed by atoms with Gasteiger partial charge in [-0.05, 0) is 41.4 Å². The maximum Gasteiger partial charge on any atom is 0.266 e. The second-order valence-corrected chi connectivity index (χ2v) is 7.67. The number of unbranched alkanes of at least 4 members (excludes halogenated alkanes) is 2. The van der Waals surface area contributed by atoms with E-state index in [0.717, 1.165) is 29.9 Å². The maximum atomic E-state index is 13.1. The van der Waals surface area contributed by atoms with Crippen LogP contribution in [0.3, 0.4) is 0 Å². The number of benzene rings is 2. The first-order valence-corrected chi connectivity index (χ1v) is 10.7. The van der Waals surface area contributed by atoms with Crippen molar-refractivity contribution in [3.63, 3.8) is 0 Å². The van der Waals surface area contributed by atoms with E-state index in [2.05, 4.69) is 22.6 Å². The Morgan fingerprint density at radius 3 is 2.81 bits per heavy atom. The molecule has 0 bridgehead atoms. The molecule has 0 radical (unpaired) electrons. The van der Waals surface area contributed by atoms with Gasteiger partial charge in [0.2, 0.25) is 0 Å². The molecule has 140 valence electrons. The Kier molecular flexibility index (Phi) is 5.33. The van der Waals surface area contributed by atoms with E-state index in [1.165, 1.54) is 10.8 Å². The van der Waals surface area contributed by atoms with Gasteiger partial charge in [0.15, 0.2) is 11.5 Å². The van der Waals surface area contributed by atoms with Gasteiger partial charge in [-0.1, -0.05) is 40.8 Å². The molecule has 2 aromatic carbocycles. The molecule has 1 aromatic heterocycles. The summed E-state index contributed by atoms with van der Waals surface area (Å²) in [6.45, 7) is 0.633. The van der Waals surface area contributed by atoms with Gasteiger partial charge >= 0.3 is 0 Å². The van der Waals surface area contributed by atoms with E-state index >= 15 is 0 Å². The molecule has 4 rings (SSSR count). The van der Waals surface area contributed by atoms with Crippen molar-refractivity contribution >= 4 is 33.5 Å². The van der Waals surface area contributed by atoms with Crippen molar-refractivity contribution in [1.29, 1.82) is 0 Å². The molecule has 0 fully saturated rings. The second-order valence-electron chi connectivity index (χ2n) is 6.59. The fourth-order valence-corrected chi connectivity index (χ4v) is 4.02. The Morgan fingerprint density at radius 1 is 1.15 bits per heavy atom. The van der Waals surface area contributed by atoms with Crippen LogP contribution in [0.5, 0.6) is 11.5 Å². The van der Waals surface area contributed by atoms with Gasteiger partial charge in [-0.25, -0.2) is 4.98 Å². The van der Waals surface area contributed by atoms with Crippen LogP contribution in [0.2, 0.25) is 0 Å². The summed E-state index contributed by atoms with van der Waals surface area (Å²) in [5.41, 5.74) is 2.63. The fraction of sp³-hybridized carbons (Fsp3) is 0.333. The highest BCUT2D eigenvalue weighted by molar-refractivity contribution is 14.1. The molecule has 0 N–H and O–H groups in total. The minimum atomic E-state index is -0.0631. The number of para-hydroxylation sites is 1. The first kappa shape index (κ1) is 18.3. The largest absolute Gasteiger partial charge is 0.493 e. The fourth-order valence-electron chi connectivity index (χ4n) is 3.48. The molecule has 0 saturated carbocycles. The number of halogens is 1. The second kappa shape index (κ2) is 7.88. The third-order valence-electron chi connectivity index (χ3n) is 4.84. The smallest absolute Gasteiger partial charge is 0.266 e. The predicted molar refractivity (Wildman–Crippen MR) is 115 cm³/mol. The van der Waals surface area contributed by atoms with E-state index in [-0.39, 0.29) is 5.56 Å². The molecule has 0 atom stereocenters. The number of nitrogens with zero attached hydrogens (tertiary/aromatic N) is 2. The van der Waals surface area contributed by atoms with Gasteiger partial charge in [0.05, 0.1) is 30.3 Å². The van der Waals surface area contributed by atoms with Gasteiger partial charge in [-0.15, -0.1) is 0 Å². The van der Waals surface area contributed by atoms with Gasteiger partial charge in [0, 0.05) is 12.5 Å². The third-order valence-corrected chi connectivity index (χ3v) is 5.60. The maximum absolute atomic E-state index is 13.1. The average Bonchev–Trinajstić information content (AvgIpc) is 3.06. The molecule has 2 heterocycles. The van der Waals surface area contributed by atoms with Crippen LogP contribution in [-0.4, -0.2) is 27.7 Å². The van der Waals surface area contributed by atoms with Crippen molar-refractivity contribution in [3.05, 3.63) is 58.1 Å². The molecule has 0 aliphatic carbocycles. The molecule has 5 nitrogen and oxygen atoms in total. The van der Waals surface area contributed by atoms with Gasteiger partial charge in [-0.3, -0.25) is 9.36 Å². The Bertz CT molecular complexity index is 1050. The van der Waals surface area contributed by atoms with Gasteiger partial charge in [0.25, 0.3) is 5.56 Å². The van der Waals surface area contributed by atoms with Crippen LogP contribution in [-0.2, 0) is 6.42 Å². The average molecular weight is 476 g/mol. The number of alkyl halides is 1. The number of methoxy groups -OCH3 is 1. The Labute approximate surface area is 171 Å². The molecule has 0 spiro atoms. The summed E-state index contributed by atoms with van der Waals surface area (Å²) >= 11 is 2.39. The van der Waals surface area contributed by atoms with E-state index in [0.29, 0.717) is 35.4 Å². The number of fused-ring (bicyclic) bond motifs is 4. The normalized spacial score (nSPS) is 12.1. The first-order valence-electron chi connectivity index (χ1n) is 9.13. The molecule has 1 aliphatic rings. The summed E-state index contributed by atoms with van der Waals surface area (Å²) in [5, 5.41) is 0.546. The number of rotatable bonds is 7. The molecule has 6 heteroatoms. The van der Waals surface area contributed by atoms with E-state index in [9.17, 15) is 4.79 Å². The van der Waals surface area contributed by atoms with Crippen molar-refractivity contribution in [2.45, 2.75) is 25.7 Å². The number of aromatic nitrogens is 2. The number of ether oxygens (including phenoxy) is 2. The Morgan fingerprint density at radius 2 is 2.00 bits per heavy atom. The lowest BCUT2D eigenvalue weighted by Crippen LogP contribution is -2.20. The molecular formula is C21H21IN2O3. The third kappa shape index (κ3) is 3.42. The van der Waals surface area contributed by atoms with Crippen LogP contribution >= 0.6 is 22.6 Å². The van der Waals surface area contributed by atoms with Crippen molar-refractivity contribution in [1.82, 2.24) is 9.55 Å². The highest BCUT2D eigenvalue weighted by Gasteiger charge is 2.23. The van der Waals surface area contributed by atoms with E-state index in [4.69, 9.17) is 14.5 Å². The lowest BCUT2D eigenvalue weighted by Gasteiger charge is -2.13. The summed E-state index contributed by atoms with van der Waals surface area (Å²) in [4.78, 5) is 17.9. The van der Waals surface area contributed by atoms with Crippen LogP contribution in [0.4, 0.5) is 0 Å². The van der Waals surface area contributed by atoms with Crippen LogP contribution < -0.4 is 15.0 Å². The highest BCUT2D eigenvalue weighted by Crippen LogP contribution is 2.32. The van der Waals surface area contributed by atoms with Crippen molar-refractivity contribution in [3.8, 4) is 17.2 Å². The van der Waals surface area contributed by atoms with Crippen molar-refractivity contribution in [2.24, 2.45) is 0 Å². The van der Waals surface area contributed by atoms with Crippen molar-refractivity contribution in [2.75, 3.05) is 18.1 Å². The zero-order chi connectivity index (χ0) is 18.8. The summed E-state index contributed by atoms with van der Waals surface area (Å²) in [6, 6.07) is 11.5. The summed E-state index contributed by atoms with van der Waals surface area (Å²) in [6.07, 6.45) is 4.01. The van der Waals surface area contributed by atoms with Crippen LogP contribution in [0.15, 0.2) is 41.2 Å². The van der Waals surface area contributed by atoms with E-state index in [1.54, 1.807) is 17.7 Å². The van der Waals surface area contributed by atoms with Crippen LogP contribution in [0, 0.1) is 0 Å².